The van der Waals surface area contributed by atoms with E-state index in [1.165, 1.54) is 6.08 Å². The number of pyridine rings is 1. The minimum absolute atomic E-state index is 0.150. The Morgan fingerprint density at radius 1 is 1.26 bits per heavy atom. The molecule has 2 amide bonds. The average Bonchev–Trinajstić information content (AvgIpc) is 3.27. The SMILES string of the molecule is Cc1nc(COc2ccc(/C=C/C(=O)Nc3ccc(N4CCCC(C(N)=O)C4)nc3)cc2)cs1. The Bertz CT molecular complexity index is 1160. The van der Waals surface area contributed by atoms with E-state index in [2.05, 4.69) is 20.2 Å². The average molecular weight is 478 g/mol. The predicted molar refractivity (Wildman–Crippen MR) is 134 cm³/mol. The summed E-state index contributed by atoms with van der Waals surface area (Å²) in [5.74, 6) is 0.845. The highest BCUT2D eigenvalue weighted by atomic mass is 32.1. The van der Waals surface area contributed by atoms with E-state index in [9.17, 15) is 9.59 Å². The van der Waals surface area contributed by atoms with Crippen LogP contribution in [0.15, 0.2) is 54.1 Å². The van der Waals surface area contributed by atoms with Crippen LogP contribution in [0.1, 0.15) is 29.1 Å². The Hall–Kier alpha value is -3.72. The van der Waals surface area contributed by atoms with Crippen LogP contribution in [0.5, 0.6) is 5.75 Å². The first-order valence-electron chi connectivity index (χ1n) is 11.1. The van der Waals surface area contributed by atoms with Crippen LogP contribution in [-0.2, 0) is 16.2 Å². The summed E-state index contributed by atoms with van der Waals surface area (Å²) in [6, 6.07) is 11.2. The summed E-state index contributed by atoms with van der Waals surface area (Å²) < 4.78 is 5.74. The molecule has 0 radical (unpaired) electrons. The number of hydrogen-bond donors (Lipinski definition) is 2. The Morgan fingerprint density at radius 2 is 2.09 bits per heavy atom. The number of benzene rings is 1. The van der Waals surface area contributed by atoms with E-state index in [-0.39, 0.29) is 17.7 Å². The van der Waals surface area contributed by atoms with Crippen molar-refractivity contribution in [2.75, 3.05) is 23.3 Å². The molecule has 9 heteroatoms. The molecule has 0 saturated carbocycles. The first kappa shape index (κ1) is 23.4. The number of aryl methyl sites for hydroxylation is 1. The number of nitrogens with one attached hydrogen (secondary N) is 1. The fraction of sp³-hybridized carbons (Fsp3) is 0.280. The molecule has 0 aliphatic carbocycles. The maximum Gasteiger partial charge on any atom is 0.248 e. The molecule has 3 heterocycles. The Labute approximate surface area is 202 Å². The standard InChI is InChI=1S/C25H27N5O3S/c1-17-28-21(16-34-17)15-33-22-8-4-18(5-9-22)6-11-24(31)29-20-7-10-23(27-13-20)30-12-2-3-19(14-30)25(26)32/h4-11,13,16,19H,2-3,12,14-15H2,1H3,(H2,26,32)(H,29,31)/b11-6+. The van der Waals surface area contributed by atoms with Gasteiger partial charge in [-0.25, -0.2) is 9.97 Å². The van der Waals surface area contributed by atoms with E-state index in [0.29, 0.717) is 18.8 Å². The lowest BCUT2D eigenvalue weighted by Gasteiger charge is -2.32. The number of rotatable bonds is 8. The number of hydrogen-bond acceptors (Lipinski definition) is 7. The minimum atomic E-state index is -0.270. The van der Waals surface area contributed by atoms with Crippen molar-refractivity contribution in [2.45, 2.75) is 26.4 Å². The van der Waals surface area contributed by atoms with Gasteiger partial charge in [0.2, 0.25) is 11.8 Å². The van der Waals surface area contributed by atoms with Gasteiger partial charge in [0, 0.05) is 24.5 Å². The molecule has 1 unspecified atom stereocenters. The van der Waals surface area contributed by atoms with Crippen LogP contribution in [0.25, 0.3) is 6.08 Å². The molecule has 1 aliphatic rings. The van der Waals surface area contributed by atoms with Gasteiger partial charge < -0.3 is 20.7 Å². The summed E-state index contributed by atoms with van der Waals surface area (Å²) >= 11 is 1.60. The van der Waals surface area contributed by atoms with E-state index in [1.54, 1.807) is 29.7 Å². The summed E-state index contributed by atoms with van der Waals surface area (Å²) in [5, 5.41) is 5.81. The molecule has 0 bridgehead atoms. The van der Waals surface area contributed by atoms with Gasteiger partial charge in [-0.1, -0.05) is 12.1 Å². The van der Waals surface area contributed by atoms with Crippen LogP contribution in [0.2, 0.25) is 0 Å². The van der Waals surface area contributed by atoms with Crippen molar-refractivity contribution in [1.82, 2.24) is 9.97 Å². The van der Waals surface area contributed by atoms with Crippen molar-refractivity contribution < 1.29 is 14.3 Å². The lowest BCUT2D eigenvalue weighted by Crippen LogP contribution is -2.41. The molecule has 8 nitrogen and oxygen atoms in total. The number of carbonyl (C=O) groups excluding carboxylic acids is 2. The van der Waals surface area contributed by atoms with E-state index >= 15 is 0 Å². The highest BCUT2D eigenvalue weighted by Crippen LogP contribution is 2.22. The van der Waals surface area contributed by atoms with Crippen LogP contribution in [0, 0.1) is 12.8 Å². The molecule has 4 rings (SSSR count). The van der Waals surface area contributed by atoms with E-state index in [4.69, 9.17) is 10.5 Å². The second kappa shape index (κ2) is 10.9. The molecule has 176 valence electrons. The van der Waals surface area contributed by atoms with Crippen molar-refractivity contribution in [3.05, 3.63) is 70.3 Å². The number of anilines is 2. The molecule has 1 saturated heterocycles. The number of nitrogens with zero attached hydrogens (tertiary/aromatic N) is 3. The molecule has 0 spiro atoms. The van der Waals surface area contributed by atoms with Gasteiger partial charge in [0.25, 0.3) is 0 Å². The highest BCUT2D eigenvalue weighted by molar-refractivity contribution is 7.09. The minimum Gasteiger partial charge on any atom is -0.487 e. The molecule has 1 fully saturated rings. The van der Waals surface area contributed by atoms with E-state index in [1.807, 2.05) is 42.6 Å². The second-order valence-corrected chi connectivity index (χ2v) is 9.19. The van der Waals surface area contributed by atoms with E-state index in [0.717, 1.165) is 47.2 Å². The Balaban J connectivity index is 1.26. The summed E-state index contributed by atoms with van der Waals surface area (Å²) in [6.45, 7) is 3.80. The van der Waals surface area contributed by atoms with Crippen LogP contribution in [-0.4, -0.2) is 34.9 Å². The van der Waals surface area contributed by atoms with Crippen LogP contribution < -0.4 is 20.7 Å². The number of aromatic nitrogens is 2. The molecule has 2 aromatic heterocycles. The normalized spacial score (nSPS) is 15.9. The smallest absolute Gasteiger partial charge is 0.248 e. The number of primary amides is 1. The Morgan fingerprint density at radius 3 is 2.76 bits per heavy atom. The van der Waals surface area contributed by atoms with Gasteiger partial charge >= 0.3 is 0 Å². The zero-order chi connectivity index (χ0) is 23.9. The van der Waals surface area contributed by atoms with Gasteiger partial charge in [-0.05, 0) is 55.7 Å². The third-order valence-electron chi connectivity index (χ3n) is 5.52. The zero-order valence-corrected chi connectivity index (χ0v) is 19.8. The van der Waals surface area contributed by atoms with Crippen molar-refractivity contribution >= 4 is 40.7 Å². The van der Waals surface area contributed by atoms with Crippen molar-refractivity contribution in [2.24, 2.45) is 11.7 Å². The molecular weight excluding hydrogens is 450 g/mol. The summed E-state index contributed by atoms with van der Waals surface area (Å²) in [5.41, 5.74) is 7.85. The van der Waals surface area contributed by atoms with Gasteiger partial charge in [0.15, 0.2) is 0 Å². The van der Waals surface area contributed by atoms with Crippen molar-refractivity contribution in [3.8, 4) is 5.75 Å². The molecular formula is C25H27N5O3S. The number of thiazole rings is 1. The Kier molecular flexibility index (Phi) is 7.54. The quantitative estimate of drug-likeness (QED) is 0.478. The molecule has 3 aromatic rings. The van der Waals surface area contributed by atoms with Gasteiger partial charge in [-0.15, -0.1) is 11.3 Å². The van der Waals surface area contributed by atoms with Gasteiger partial charge in [-0.2, -0.15) is 0 Å². The lowest BCUT2D eigenvalue weighted by atomic mass is 9.97. The third-order valence-corrected chi connectivity index (χ3v) is 6.35. The lowest BCUT2D eigenvalue weighted by molar-refractivity contribution is -0.122. The van der Waals surface area contributed by atoms with Gasteiger partial charge in [0.1, 0.15) is 18.2 Å². The second-order valence-electron chi connectivity index (χ2n) is 8.13. The summed E-state index contributed by atoms with van der Waals surface area (Å²) in [6.07, 6.45) is 6.54. The van der Waals surface area contributed by atoms with Gasteiger partial charge in [-0.3, -0.25) is 9.59 Å². The molecule has 1 aromatic carbocycles. The number of ether oxygens (including phenoxy) is 1. The highest BCUT2D eigenvalue weighted by Gasteiger charge is 2.24. The summed E-state index contributed by atoms with van der Waals surface area (Å²) in [7, 11) is 0. The third kappa shape index (κ3) is 6.41. The molecule has 1 aliphatic heterocycles. The van der Waals surface area contributed by atoms with Crippen molar-refractivity contribution in [1.29, 1.82) is 0 Å². The first-order valence-corrected chi connectivity index (χ1v) is 12.0. The largest absolute Gasteiger partial charge is 0.487 e. The van der Waals surface area contributed by atoms with E-state index < -0.39 is 0 Å². The number of nitrogens with two attached hydrogens (primary N) is 1. The predicted octanol–water partition coefficient (Wildman–Crippen LogP) is 3.78. The number of carbonyl (C=O) groups is 2. The monoisotopic (exact) mass is 477 g/mol. The summed E-state index contributed by atoms with van der Waals surface area (Å²) in [4.78, 5) is 34.6. The van der Waals surface area contributed by atoms with Gasteiger partial charge in [0.05, 0.1) is 28.5 Å². The van der Waals surface area contributed by atoms with Crippen molar-refractivity contribution in [3.63, 3.8) is 0 Å². The zero-order valence-electron chi connectivity index (χ0n) is 18.9. The molecule has 1 atom stereocenters. The van der Waals surface area contributed by atoms with Crippen LogP contribution in [0.4, 0.5) is 11.5 Å². The fourth-order valence-electron chi connectivity index (χ4n) is 3.73. The van der Waals surface area contributed by atoms with Crippen LogP contribution in [0.3, 0.4) is 0 Å². The number of amides is 2. The first-order chi connectivity index (χ1) is 16.5. The molecule has 3 N–H and O–H groups in total. The van der Waals surface area contributed by atoms with Crippen LogP contribution >= 0.6 is 11.3 Å². The maximum absolute atomic E-state index is 12.3. The molecule has 34 heavy (non-hydrogen) atoms. The topological polar surface area (TPSA) is 110 Å². The maximum atomic E-state index is 12.3. The number of piperidine rings is 1. The fourth-order valence-corrected chi connectivity index (χ4v) is 4.32.